The normalized spacial score (nSPS) is 44.9. The van der Waals surface area contributed by atoms with Gasteiger partial charge in [0.1, 0.15) is 0 Å². The molecule has 13 heavy (non-hydrogen) atoms. The predicted octanol–water partition coefficient (Wildman–Crippen LogP) is 1.08. The van der Waals surface area contributed by atoms with Crippen LogP contribution in [-0.4, -0.2) is 24.4 Å². The van der Waals surface area contributed by atoms with Crippen LogP contribution in [0.2, 0.25) is 0 Å². The maximum absolute atomic E-state index is 9.74. The molecule has 2 aliphatic rings. The summed E-state index contributed by atoms with van der Waals surface area (Å²) in [5.41, 5.74) is -0.379. The number of ether oxygens (including phenoxy) is 1. The van der Waals surface area contributed by atoms with Crippen LogP contribution in [0.3, 0.4) is 0 Å². The third kappa shape index (κ3) is 1.34. The van der Waals surface area contributed by atoms with Gasteiger partial charge in [-0.25, -0.2) is 0 Å². The van der Waals surface area contributed by atoms with E-state index in [1.165, 1.54) is 0 Å². The molecular weight excluding hydrogens is 166 g/mol. The van der Waals surface area contributed by atoms with Crippen molar-refractivity contribution in [2.24, 2.45) is 11.3 Å². The van der Waals surface area contributed by atoms with Crippen molar-refractivity contribution in [3.8, 4) is 6.07 Å². The summed E-state index contributed by atoms with van der Waals surface area (Å²) in [6, 6.07) is 2.36. The van der Waals surface area contributed by atoms with Gasteiger partial charge in [-0.2, -0.15) is 5.26 Å². The number of rotatable bonds is 1. The second kappa shape index (κ2) is 3.28. The zero-order valence-corrected chi connectivity index (χ0v) is 7.70. The van der Waals surface area contributed by atoms with Crippen LogP contribution in [0, 0.1) is 22.7 Å². The highest BCUT2D eigenvalue weighted by Gasteiger charge is 2.47. The van der Waals surface area contributed by atoms with E-state index >= 15 is 0 Å². The molecule has 0 aromatic rings. The summed E-state index contributed by atoms with van der Waals surface area (Å²) in [6.07, 6.45) is 3.41. The second-order valence-electron chi connectivity index (χ2n) is 4.18. The topological polar surface area (TPSA) is 53.2 Å². The third-order valence-corrected chi connectivity index (χ3v) is 3.46. The van der Waals surface area contributed by atoms with Gasteiger partial charge in [0.2, 0.25) is 0 Å². The zero-order chi connectivity index (χ0) is 9.31. The minimum Gasteiger partial charge on any atom is -0.393 e. The standard InChI is InChI=1S/C10H15NO2/c11-6-10(4-5-13-7-10)8-2-1-3-9(8)12/h8-9,12H,1-5,7H2. The van der Waals surface area contributed by atoms with Crippen molar-refractivity contribution in [3.63, 3.8) is 0 Å². The summed E-state index contributed by atoms with van der Waals surface area (Å²) in [5, 5.41) is 18.9. The first kappa shape index (κ1) is 8.98. The van der Waals surface area contributed by atoms with Crippen LogP contribution in [0.5, 0.6) is 0 Å². The lowest BCUT2D eigenvalue weighted by Crippen LogP contribution is -2.34. The number of nitrogens with zero attached hydrogens (tertiary/aromatic N) is 1. The van der Waals surface area contributed by atoms with Crippen LogP contribution in [0.1, 0.15) is 25.7 Å². The van der Waals surface area contributed by atoms with Gasteiger partial charge in [0.15, 0.2) is 0 Å². The van der Waals surface area contributed by atoms with Crippen LogP contribution in [0.25, 0.3) is 0 Å². The van der Waals surface area contributed by atoms with Gasteiger partial charge in [0, 0.05) is 12.5 Å². The molecule has 3 nitrogen and oxygen atoms in total. The Kier molecular flexibility index (Phi) is 2.27. The molecule has 3 heteroatoms. The largest absolute Gasteiger partial charge is 0.393 e. The number of aliphatic hydroxyl groups is 1. The van der Waals surface area contributed by atoms with Gasteiger partial charge in [-0.15, -0.1) is 0 Å². The lowest BCUT2D eigenvalue weighted by atomic mass is 9.74. The summed E-state index contributed by atoms with van der Waals surface area (Å²) in [5.74, 6) is 0.153. The van der Waals surface area contributed by atoms with Crippen LogP contribution in [-0.2, 0) is 4.74 Å². The quantitative estimate of drug-likeness (QED) is 0.658. The number of hydrogen-bond acceptors (Lipinski definition) is 3. The van der Waals surface area contributed by atoms with Gasteiger partial charge in [-0.1, -0.05) is 6.42 Å². The first-order valence-corrected chi connectivity index (χ1v) is 4.95. The lowest BCUT2D eigenvalue weighted by molar-refractivity contribution is 0.0580. The molecule has 0 bridgehead atoms. The first-order valence-electron chi connectivity index (χ1n) is 4.95. The van der Waals surface area contributed by atoms with Gasteiger partial charge in [0.05, 0.1) is 24.2 Å². The summed E-state index contributed by atoms with van der Waals surface area (Å²) < 4.78 is 5.28. The number of hydrogen-bond donors (Lipinski definition) is 1. The van der Waals surface area contributed by atoms with Gasteiger partial charge in [0.25, 0.3) is 0 Å². The first-order chi connectivity index (χ1) is 6.28. The van der Waals surface area contributed by atoms with E-state index in [0.29, 0.717) is 13.2 Å². The van der Waals surface area contributed by atoms with Crippen LogP contribution in [0.4, 0.5) is 0 Å². The average Bonchev–Trinajstić information content (AvgIpc) is 2.73. The molecule has 1 heterocycles. The smallest absolute Gasteiger partial charge is 0.0881 e. The number of nitriles is 1. The molecule has 3 unspecified atom stereocenters. The Morgan fingerprint density at radius 2 is 2.31 bits per heavy atom. The molecule has 72 valence electrons. The second-order valence-corrected chi connectivity index (χ2v) is 4.18. The molecule has 0 radical (unpaired) electrons. The van der Waals surface area contributed by atoms with E-state index in [-0.39, 0.29) is 17.4 Å². The molecule has 0 aromatic carbocycles. The van der Waals surface area contributed by atoms with E-state index in [1.54, 1.807) is 0 Å². The van der Waals surface area contributed by atoms with E-state index < -0.39 is 0 Å². The Morgan fingerprint density at radius 3 is 2.77 bits per heavy atom. The molecule has 1 aliphatic heterocycles. The summed E-state index contributed by atoms with van der Waals surface area (Å²) in [7, 11) is 0. The SMILES string of the molecule is N#CC1(C2CCCC2O)CCOC1. The minimum absolute atomic E-state index is 0.153. The van der Waals surface area contributed by atoms with Crippen LogP contribution in [0.15, 0.2) is 0 Å². The Bertz CT molecular complexity index is 228. The number of aliphatic hydroxyl groups excluding tert-OH is 1. The Hall–Kier alpha value is -0.590. The maximum Gasteiger partial charge on any atom is 0.0881 e. The van der Waals surface area contributed by atoms with Crippen molar-refractivity contribution < 1.29 is 9.84 Å². The summed E-state index contributed by atoms with van der Waals surface area (Å²) in [6.45, 7) is 1.20. The van der Waals surface area contributed by atoms with Crippen molar-refractivity contribution >= 4 is 0 Å². The molecule has 2 rings (SSSR count). The van der Waals surface area contributed by atoms with Crippen LogP contribution >= 0.6 is 0 Å². The molecule has 0 spiro atoms. The predicted molar refractivity (Wildman–Crippen MR) is 46.8 cm³/mol. The molecule has 1 saturated carbocycles. The van der Waals surface area contributed by atoms with Gasteiger partial charge in [-0.05, 0) is 19.3 Å². The van der Waals surface area contributed by atoms with Crippen molar-refractivity contribution in [2.75, 3.05) is 13.2 Å². The molecule has 1 N–H and O–H groups in total. The fourth-order valence-electron chi connectivity index (χ4n) is 2.63. The van der Waals surface area contributed by atoms with Crippen molar-refractivity contribution in [2.45, 2.75) is 31.8 Å². The van der Waals surface area contributed by atoms with E-state index in [4.69, 9.17) is 10.00 Å². The summed E-state index contributed by atoms with van der Waals surface area (Å²) in [4.78, 5) is 0. The molecule has 3 atom stereocenters. The third-order valence-electron chi connectivity index (χ3n) is 3.46. The van der Waals surface area contributed by atoms with E-state index in [9.17, 15) is 5.11 Å². The Balaban J connectivity index is 2.16. The van der Waals surface area contributed by atoms with E-state index in [2.05, 4.69) is 6.07 Å². The fraction of sp³-hybridized carbons (Fsp3) is 0.900. The highest BCUT2D eigenvalue weighted by Crippen LogP contribution is 2.44. The van der Waals surface area contributed by atoms with Crippen molar-refractivity contribution in [3.05, 3.63) is 0 Å². The van der Waals surface area contributed by atoms with Crippen molar-refractivity contribution in [1.29, 1.82) is 5.26 Å². The highest BCUT2D eigenvalue weighted by molar-refractivity contribution is 5.08. The Labute approximate surface area is 78.3 Å². The average molecular weight is 181 g/mol. The van der Waals surface area contributed by atoms with Gasteiger partial charge >= 0.3 is 0 Å². The minimum atomic E-state index is -0.379. The molecule has 0 amide bonds. The summed E-state index contributed by atoms with van der Waals surface area (Å²) >= 11 is 0. The monoisotopic (exact) mass is 181 g/mol. The molecule has 1 aliphatic carbocycles. The highest BCUT2D eigenvalue weighted by atomic mass is 16.5. The lowest BCUT2D eigenvalue weighted by Gasteiger charge is -2.28. The van der Waals surface area contributed by atoms with E-state index in [1.807, 2.05) is 0 Å². The van der Waals surface area contributed by atoms with Crippen LogP contribution < -0.4 is 0 Å². The maximum atomic E-state index is 9.74. The Morgan fingerprint density at radius 1 is 1.46 bits per heavy atom. The zero-order valence-electron chi connectivity index (χ0n) is 7.70. The molecular formula is C10H15NO2. The molecule has 2 fully saturated rings. The van der Waals surface area contributed by atoms with Crippen molar-refractivity contribution in [1.82, 2.24) is 0 Å². The van der Waals surface area contributed by atoms with Gasteiger partial charge in [-0.3, -0.25) is 0 Å². The fourth-order valence-corrected chi connectivity index (χ4v) is 2.63. The van der Waals surface area contributed by atoms with E-state index in [0.717, 1.165) is 25.7 Å². The van der Waals surface area contributed by atoms with Gasteiger partial charge < -0.3 is 9.84 Å². The molecule has 0 aromatic heterocycles. The molecule has 1 saturated heterocycles.